The highest BCUT2D eigenvalue weighted by molar-refractivity contribution is 5.89. The number of carbonyl (C=O) groups excluding carboxylic acids is 4. The van der Waals surface area contributed by atoms with Crippen LogP contribution in [-0.2, 0) is 19.1 Å². The lowest BCUT2D eigenvalue weighted by Crippen LogP contribution is -2.58. The number of nitrogens with one attached hydrogen (secondary N) is 4. The Morgan fingerprint density at radius 1 is 0.532 bits per heavy atom. The van der Waals surface area contributed by atoms with Crippen LogP contribution in [0.15, 0.2) is 49.1 Å². The zero-order valence-electron chi connectivity index (χ0n) is 39.9. The van der Waals surface area contributed by atoms with Crippen LogP contribution in [0.25, 0.3) is 33.9 Å². The van der Waals surface area contributed by atoms with Crippen LogP contribution >= 0.6 is 0 Å². The van der Waals surface area contributed by atoms with E-state index in [-0.39, 0.29) is 0 Å². The fraction of sp³-hybridized carbons (Fsp3) is 0.565. The average molecular weight is 857 g/mol. The molecule has 0 fully saturated rings. The van der Waals surface area contributed by atoms with Crippen LogP contribution in [-0.4, -0.2) is 103 Å². The zero-order chi connectivity index (χ0) is 47.0. The number of carbonyl (C=O) groups is 4. The molecule has 4 atom stereocenters. The van der Waals surface area contributed by atoms with Crippen molar-refractivity contribution < 1.29 is 28.7 Å². The van der Waals surface area contributed by atoms with Gasteiger partial charge in [-0.15, -0.1) is 0 Å². The van der Waals surface area contributed by atoms with Crippen LogP contribution in [0.1, 0.15) is 121 Å². The van der Waals surface area contributed by atoms with Crippen molar-refractivity contribution >= 4 is 24.0 Å². The van der Waals surface area contributed by atoms with Crippen LogP contribution in [0.4, 0.5) is 9.59 Å². The summed E-state index contributed by atoms with van der Waals surface area (Å²) in [4.78, 5) is 81.3. The average Bonchev–Trinajstić information content (AvgIpc) is 3.85. The quantitative estimate of drug-likeness (QED) is 0.114. The third-order valence-electron chi connectivity index (χ3n) is 11.5. The van der Waals surface area contributed by atoms with Gasteiger partial charge in [-0.2, -0.15) is 0 Å². The predicted octanol–water partition coefficient (Wildman–Crippen LogP) is 8.34. The summed E-state index contributed by atoms with van der Waals surface area (Å²) in [5.41, 5.74) is -1.21. The standard InChI is InChI=1S/C46H68N10O6/c1-41(2,3)33(53-37(57)45(13,43(7,8)9)61-39(59)55(15)16)35-49-24-30(51-35)28-21-19-27(20-22-28)29-23-48-31(25-47-29)32-26-50-36(52-32)34(42(4,5)6)54-38(58)46(14,44(10,11)12)62-40(60)56(17)18/h19-26,33-34H,1-18H3,(H,49,51)(H,50,52)(H,53,57)(H,54,58)/t33-,34-,45+,46+/m1/s1. The molecule has 0 bridgehead atoms. The molecule has 16 nitrogen and oxygen atoms in total. The first-order valence-electron chi connectivity index (χ1n) is 20.8. The van der Waals surface area contributed by atoms with Gasteiger partial charge in [0.25, 0.3) is 11.8 Å². The highest BCUT2D eigenvalue weighted by atomic mass is 16.6. The molecule has 0 radical (unpaired) electrons. The molecule has 4 N–H and O–H groups in total. The Bertz CT molecular complexity index is 2060. The van der Waals surface area contributed by atoms with Crippen molar-refractivity contribution in [3.8, 4) is 33.9 Å². The van der Waals surface area contributed by atoms with E-state index in [0.29, 0.717) is 34.4 Å². The summed E-state index contributed by atoms with van der Waals surface area (Å²) in [6.45, 7) is 26.4. The Hall–Kier alpha value is -5.80. The van der Waals surface area contributed by atoms with E-state index in [4.69, 9.17) is 24.4 Å². The van der Waals surface area contributed by atoms with Crippen molar-refractivity contribution in [2.75, 3.05) is 28.2 Å². The fourth-order valence-corrected chi connectivity index (χ4v) is 6.21. The molecule has 4 aromatic rings. The van der Waals surface area contributed by atoms with Gasteiger partial charge in [0.1, 0.15) is 23.0 Å². The van der Waals surface area contributed by atoms with Crippen molar-refractivity contribution in [2.24, 2.45) is 21.7 Å². The molecule has 0 aliphatic rings. The molecular formula is C46H68N10O6. The number of benzene rings is 1. The molecule has 1 aromatic carbocycles. The summed E-state index contributed by atoms with van der Waals surface area (Å²) in [6.07, 6.45) is 5.64. The molecule has 0 saturated carbocycles. The SMILES string of the molecule is CN(C)C(=O)O[C@@](C)(C(=O)N[C@H](c1nc(-c2ccc(-c3cnc(-c4c[nH]c([C@@H](NC(=O)[C@](C)(OC(=O)N(C)C)C(C)(C)C)C(C)(C)C)n4)cn3)cc2)c[nH]1)C(C)(C)C)C(C)(C)C. The van der Waals surface area contributed by atoms with E-state index in [1.165, 1.54) is 9.80 Å². The minimum atomic E-state index is -1.48. The number of ether oxygens (including phenoxy) is 2. The predicted molar refractivity (Wildman–Crippen MR) is 239 cm³/mol. The van der Waals surface area contributed by atoms with Gasteiger partial charge in [-0.3, -0.25) is 19.6 Å². The molecule has 3 heterocycles. The number of H-pyrrole nitrogens is 2. The number of aromatic nitrogens is 6. The highest BCUT2D eigenvalue weighted by Gasteiger charge is 2.51. The molecular weight excluding hydrogens is 789 g/mol. The Kier molecular flexibility index (Phi) is 13.8. The molecule has 0 spiro atoms. The lowest BCUT2D eigenvalue weighted by molar-refractivity contribution is -0.153. The van der Waals surface area contributed by atoms with Crippen LogP contribution in [0.3, 0.4) is 0 Å². The van der Waals surface area contributed by atoms with Crippen LogP contribution < -0.4 is 10.6 Å². The molecule has 0 unspecified atom stereocenters. The lowest BCUT2D eigenvalue weighted by Gasteiger charge is -2.42. The summed E-state index contributed by atoms with van der Waals surface area (Å²) in [6, 6.07) is 6.66. The summed E-state index contributed by atoms with van der Waals surface area (Å²) in [5.74, 6) is 0.215. The molecule has 338 valence electrons. The van der Waals surface area contributed by atoms with Crippen molar-refractivity contribution in [3.63, 3.8) is 0 Å². The lowest BCUT2D eigenvalue weighted by atomic mass is 9.76. The molecule has 4 amide bonds. The van der Waals surface area contributed by atoms with Gasteiger partial charge in [-0.1, -0.05) is 107 Å². The number of hydrogen-bond acceptors (Lipinski definition) is 10. The summed E-state index contributed by atoms with van der Waals surface area (Å²) in [5, 5.41) is 6.24. The number of imidazole rings is 2. The van der Waals surface area contributed by atoms with Crippen LogP contribution in [0.2, 0.25) is 0 Å². The molecule has 3 aromatic heterocycles. The van der Waals surface area contributed by atoms with Gasteiger partial charge in [0.15, 0.2) is 11.2 Å². The Morgan fingerprint density at radius 3 is 1.21 bits per heavy atom. The van der Waals surface area contributed by atoms with Gasteiger partial charge in [0.05, 0.1) is 35.9 Å². The number of aromatic amines is 2. The molecule has 4 rings (SSSR count). The van der Waals surface area contributed by atoms with Gasteiger partial charge in [0.2, 0.25) is 0 Å². The zero-order valence-corrected chi connectivity index (χ0v) is 39.9. The van der Waals surface area contributed by atoms with Gasteiger partial charge in [0, 0.05) is 62.5 Å². The van der Waals surface area contributed by atoms with E-state index in [0.717, 1.165) is 11.1 Å². The van der Waals surface area contributed by atoms with Crippen LogP contribution in [0.5, 0.6) is 0 Å². The van der Waals surface area contributed by atoms with E-state index in [1.54, 1.807) is 66.8 Å². The smallest absolute Gasteiger partial charge is 0.410 e. The maximum atomic E-state index is 14.0. The molecule has 0 aliphatic heterocycles. The van der Waals surface area contributed by atoms with Crippen LogP contribution in [0, 0.1) is 21.7 Å². The number of hydrogen-bond donors (Lipinski definition) is 4. The van der Waals surface area contributed by atoms with Crippen molar-refractivity contribution in [3.05, 3.63) is 60.7 Å². The van der Waals surface area contributed by atoms with Gasteiger partial charge in [-0.25, -0.2) is 19.6 Å². The maximum absolute atomic E-state index is 14.0. The third-order valence-corrected chi connectivity index (χ3v) is 11.5. The van der Waals surface area contributed by atoms with Crippen molar-refractivity contribution in [1.82, 2.24) is 50.3 Å². The Morgan fingerprint density at radius 2 is 0.871 bits per heavy atom. The summed E-state index contributed by atoms with van der Waals surface area (Å²) in [7, 11) is 6.30. The topological polar surface area (TPSA) is 200 Å². The number of rotatable bonds is 11. The van der Waals surface area contributed by atoms with E-state index in [2.05, 4.69) is 25.6 Å². The molecule has 62 heavy (non-hydrogen) atoms. The first-order chi connectivity index (χ1) is 28.3. The maximum Gasteiger partial charge on any atom is 0.410 e. The normalized spacial score (nSPS) is 15.3. The van der Waals surface area contributed by atoms with E-state index in [9.17, 15) is 19.2 Å². The summed E-state index contributed by atoms with van der Waals surface area (Å²) >= 11 is 0. The second kappa shape index (κ2) is 17.5. The minimum Gasteiger partial charge on any atom is -0.432 e. The Labute approximate surface area is 366 Å². The molecule has 0 aliphatic carbocycles. The Balaban J connectivity index is 1.53. The first kappa shape index (κ1) is 48.9. The summed E-state index contributed by atoms with van der Waals surface area (Å²) < 4.78 is 11.6. The highest BCUT2D eigenvalue weighted by Crippen LogP contribution is 2.40. The number of amides is 4. The van der Waals surface area contributed by atoms with E-state index in [1.807, 2.05) is 107 Å². The largest absolute Gasteiger partial charge is 0.432 e. The minimum absolute atomic E-state index is 0.425. The third kappa shape index (κ3) is 10.6. The van der Waals surface area contributed by atoms with Crippen molar-refractivity contribution in [2.45, 2.75) is 120 Å². The second-order valence-corrected chi connectivity index (χ2v) is 20.8. The number of nitrogens with zero attached hydrogens (tertiary/aromatic N) is 6. The van der Waals surface area contributed by atoms with Gasteiger partial charge < -0.3 is 39.9 Å². The monoisotopic (exact) mass is 857 g/mol. The van der Waals surface area contributed by atoms with E-state index >= 15 is 0 Å². The van der Waals surface area contributed by atoms with E-state index < -0.39 is 68.9 Å². The van der Waals surface area contributed by atoms with Gasteiger partial charge >= 0.3 is 12.2 Å². The molecule has 16 heteroatoms. The molecule has 0 saturated heterocycles. The van der Waals surface area contributed by atoms with Gasteiger partial charge in [-0.05, 0) is 24.7 Å². The first-order valence-corrected chi connectivity index (χ1v) is 20.8. The fourth-order valence-electron chi connectivity index (χ4n) is 6.21. The second-order valence-electron chi connectivity index (χ2n) is 20.8. The van der Waals surface area contributed by atoms with Crippen molar-refractivity contribution in [1.29, 1.82) is 0 Å².